The van der Waals surface area contributed by atoms with Crippen LogP contribution >= 0.6 is 0 Å². The third kappa shape index (κ3) is 6.71. The first kappa shape index (κ1) is 23.1. The van der Waals surface area contributed by atoms with Crippen LogP contribution in [0.25, 0.3) is 22.3 Å². The zero-order valence-electron chi connectivity index (χ0n) is 18.9. The van der Waals surface area contributed by atoms with Crippen LogP contribution < -0.4 is 0 Å². The topological polar surface area (TPSA) is 0 Å². The molecule has 0 radical (unpaired) electrons. The van der Waals surface area contributed by atoms with Gasteiger partial charge in [-0.2, -0.15) is 0 Å². The van der Waals surface area contributed by atoms with E-state index in [1.54, 1.807) is 0 Å². The first-order valence-electron chi connectivity index (χ1n) is 11.2. The van der Waals surface area contributed by atoms with Crippen LogP contribution in [0.15, 0.2) is 97.1 Å². The molecule has 0 N–H and O–H groups in total. The van der Waals surface area contributed by atoms with Crippen molar-refractivity contribution >= 4 is 26.3 Å². The molecule has 4 aromatic rings. The Morgan fingerprint density at radius 1 is 0.406 bits per heavy atom. The van der Waals surface area contributed by atoms with E-state index < -0.39 is 0 Å². The molecular formula is C30H30Se2. The van der Waals surface area contributed by atoms with Gasteiger partial charge in [-0.05, 0) is 0 Å². The fourth-order valence-electron chi connectivity index (χ4n) is 3.66. The molecule has 2 heteroatoms. The Hall–Kier alpha value is -2.08. The van der Waals surface area contributed by atoms with Gasteiger partial charge >= 0.3 is 205 Å². The molecule has 0 aliphatic heterocycles. The second-order valence-electron chi connectivity index (χ2n) is 8.27. The molecule has 0 aliphatic carbocycles. The normalized spacial score (nSPS) is 10.9. The summed E-state index contributed by atoms with van der Waals surface area (Å²) in [5.41, 5.74) is 10.8. The van der Waals surface area contributed by atoms with Gasteiger partial charge in [0.25, 0.3) is 0 Å². The summed E-state index contributed by atoms with van der Waals surface area (Å²) >= 11 is 1.59. The zero-order chi connectivity index (χ0) is 22.2. The van der Waals surface area contributed by atoms with E-state index in [4.69, 9.17) is 0 Å². The maximum absolute atomic E-state index is 2.31. The molecule has 0 atom stereocenters. The molecule has 0 aromatic heterocycles. The molecule has 0 spiro atoms. The first-order chi connectivity index (χ1) is 15.7. The summed E-state index contributed by atoms with van der Waals surface area (Å²) in [6.45, 7) is 4.27. The van der Waals surface area contributed by atoms with Gasteiger partial charge in [0.15, 0.2) is 0 Å². The van der Waals surface area contributed by atoms with Gasteiger partial charge < -0.3 is 0 Å². The molecule has 0 fully saturated rings. The van der Waals surface area contributed by atoms with Crippen LogP contribution in [-0.4, -0.2) is 26.3 Å². The summed E-state index contributed by atoms with van der Waals surface area (Å²) < 4.78 is 0. The molecule has 0 unspecified atom stereocenters. The van der Waals surface area contributed by atoms with Gasteiger partial charge in [-0.25, -0.2) is 0 Å². The fraction of sp³-hybridized carbons (Fsp3) is 0.200. The van der Waals surface area contributed by atoms with E-state index in [1.807, 2.05) is 0 Å². The van der Waals surface area contributed by atoms with Gasteiger partial charge in [-0.1, -0.05) is 0 Å². The maximum atomic E-state index is 2.31. The molecule has 0 aliphatic rings. The number of hydrogen-bond acceptors (Lipinski definition) is 0. The molecule has 4 rings (SSSR count). The van der Waals surface area contributed by atoms with Gasteiger partial charge in [0.2, 0.25) is 0 Å². The Kier molecular flexibility index (Phi) is 8.43. The number of rotatable bonds is 9. The van der Waals surface area contributed by atoms with Gasteiger partial charge in [0.05, 0.1) is 0 Å². The summed E-state index contributed by atoms with van der Waals surface area (Å²) in [6.07, 6.45) is 2.45. The van der Waals surface area contributed by atoms with Crippen LogP contribution in [-0.2, 0) is 12.8 Å². The van der Waals surface area contributed by atoms with Crippen LogP contribution in [0, 0.1) is 13.8 Å². The number of hydrogen-bond donors (Lipinski definition) is 0. The van der Waals surface area contributed by atoms with Crippen molar-refractivity contribution in [1.82, 2.24) is 0 Å². The Bertz CT molecular complexity index is 1000. The zero-order valence-corrected chi connectivity index (χ0v) is 22.3. The second-order valence-corrected chi connectivity index (χ2v) is 16.1. The predicted octanol–water partition coefficient (Wildman–Crippen LogP) is 7.58. The molecule has 32 heavy (non-hydrogen) atoms. The van der Waals surface area contributed by atoms with Gasteiger partial charge in [-0.3, -0.25) is 0 Å². The van der Waals surface area contributed by atoms with Crippen LogP contribution in [0.4, 0.5) is 0 Å². The Morgan fingerprint density at radius 2 is 0.688 bits per heavy atom. The van der Waals surface area contributed by atoms with Crippen molar-refractivity contribution in [3.8, 4) is 22.3 Å². The van der Waals surface area contributed by atoms with Crippen molar-refractivity contribution in [2.24, 2.45) is 0 Å². The van der Waals surface area contributed by atoms with E-state index >= 15 is 0 Å². The molecule has 4 aromatic carbocycles. The van der Waals surface area contributed by atoms with Crippen molar-refractivity contribution in [3.05, 3.63) is 119 Å². The summed E-state index contributed by atoms with van der Waals surface area (Å²) in [6, 6.07) is 36.0. The molecule has 162 valence electrons. The molecule has 0 amide bonds. The molecule has 0 heterocycles. The predicted molar refractivity (Wildman–Crippen MR) is 142 cm³/mol. The van der Waals surface area contributed by atoms with Crippen molar-refractivity contribution < 1.29 is 0 Å². The van der Waals surface area contributed by atoms with E-state index in [2.05, 4.69) is 111 Å². The SMILES string of the molecule is Cc1ccc(-c2ccc(CC[Se][Se]CCc3ccc(-c4ccc(C)cc4)cc3)cc2)cc1. The number of aryl methyl sites for hydroxylation is 4. The molecular weight excluding hydrogens is 518 g/mol. The summed E-state index contributed by atoms with van der Waals surface area (Å²) in [5, 5.41) is 2.73. The molecule has 0 saturated carbocycles. The van der Waals surface area contributed by atoms with E-state index in [-0.39, 0.29) is 0 Å². The first-order valence-corrected chi connectivity index (χ1v) is 18.0. The van der Waals surface area contributed by atoms with Crippen LogP contribution in [0.5, 0.6) is 0 Å². The van der Waals surface area contributed by atoms with Crippen LogP contribution in [0.3, 0.4) is 0 Å². The van der Waals surface area contributed by atoms with Gasteiger partial charge in [0, 0.05) is 0 Å². The minimum atomic E-state index is 0.796. The van der Waals surface area contributed by atoms with Crippen LogP contribution in [0.2, 0.25) is 10.6 Å². The van der Waals surface area contributed by atoms with Crippen molar-refractivity contribution in [2.75, 3.05) is 0 Å². The van der Waals surface area contributed by atoms with Gasteiger partial charge in [-0.15, -0.1) is 0 Å². The molecule has 0 nitrogen and oxygen atoms in total. The summed E-state index contributed by atoms with van der Waals surface area (Å²) in [7, 11) is 0. The van der Waals surface area contributed by atoms with E-state index in [0.29, 0.717) is 0 Å². The quantitative estimate of drug-likeness (QED) is 0.149. The van der Waals surface area contributed by atoms with E-state index in [0.717, 1.165) is 26.3 Å². The molecule has 0 saturated heterocycles. The van der Waals surface area contributed by atoms with Gasteiger partial charge in [0.1, 0.15) is 0 Å². The molecule has 0 bridgehead atoms. The second kappa shape index (κ2) is 11.7. The standard InChI is InChI=1S/C30H30Se2/c1-23-3-11-27(12-4-23)29-15-7-25(8-16-29)19-21-31-32-22-20-26-9-17-30(18-10-26)28-13-5-24(2)6-14-28/h3-18H,19-22H2,1-2H3. The monoisotopic (exact) mass is 550 g/mol. The third-order valence-electron chi connectivity index (χ3n) is 5.71. The summed E-state index contributed by atoms with van der Waals surface area (Å²) in [5.74, 6) is 0. The van der Waals surface area contributed by atoms with E-state index in [9.17, 15) is 0 Å². The van der Waals surface area contributed by atoms with Crippen LogP contribution in [0.1, 0.15) is 22.3 Å². The third-order valence-corrected chi connectivity index (χ3v) is 13.1. The van der Waals surface area contributed by atoms with E-state index in [1.165, 1.54) is 68.0 Å². The number of benzene rings is 4. The average molecular weight is 548 g/mol. The fourth-order valence-corrected chi connectivity index (χ4v) is 9.88. The Morgan fingerprint density at radius 3 is 1.00 bits per heavy atom. The Labute approximate surface area is 204 Å². The Balaban J connectivity index is 1.16. The summed E-state index contributed by atoms with van der Waals surface area (Å²) in [4.78, 5) is 0. The minimum absolute atomic E-state index is 0.796. The van der Waals surface area contributed by atoms with Crippen molar-refractivity contribution in [2.45, 2.75) is 37.3 Å². The van der Waals surface area contributed by atoms with Crippen molar-refractivity contribution in [1.29, 1.82) is 0 Å². The van der Waals surface area contributed by atoms with Crippen molar-refractivity contribution in [3.63, 3.8) is 0 Å². The average Bonchev–Trinajstić information content (AvgIpc) is 2.83.